The van der Waals surface area contributed by atoms with E-state index in [0.29, 0.717) is 22.2 Å². The second-order valence-corrected chi connectivity index (χ2v) is 6.27. The van der Waals surface area contributed by atoms with Crippen molar-refractivity contribution in [2.45, 2.75) is 19.8 Å². The third-order valence-electron chi connectivity index (χ3n) is 3.66. The minimum Gasteiger partial charge on any atom is -0.477 e. The molecule has 2 heterocycles. The van der Waals surface area contributed by atoms with Gasteiger partial charge in [-0.2, -0.15) is 0 Å². The van der Waals surface area contributed by atoms with E-state index in [9.17, 15) is 9.90 Å². The van der Waals surface area contributed by atoms with Gasteiger partial charge < -0.3 is 10.0 Å². The summed E-state index contributed by atoms with van der Waals surface area (Å²) in [5.41, 5.74) is 0.718. The number of fused-ring (bicyclic) bond motifs is 1. The Morgan fingerprint density at radius 3 is 2.95 bits per heavy atom. The number of anilines is 1. The summed E-state index contributed by atoms with van der Waals surface area (Å²) in [6.07, 6.45) is 9.39. The molecule has 0 aliphatic heterocycles. The van der Waals surface area contributed by atoms with E-state index in [0.717, 1.165) is 23.3 Å². The maximum absolute atomic E-state index is 11.3. The van der Waals surface area contributed by atoms with E-state index in [4.69, 9.17) is 6.42 Å². The zero-order chi connectivity index (χ0) is 15.0. The van der Waals surface area contributed by atoms with Crippen LogP contribution in [0, 0.1) is 25.2 Å². The van der Waals surface area contributed by atoms with E-state index in [1.54, 1.807) is 6.92 Å². The smallest absolute Gasteiger partial charge is 0.346 e. The summed E-state index contributed by atoms with van der Waals surface area (Å²) >= 11 is 1.19. The zero-order valence-corrected chi connectivity index (χ0v) is 12.5. The number of hydrogen-bond acceptors (Lipinski definition) is 5. The van der Waals surface area contributed by atoms with Crippen LogP contribution in [-0.2, 0) is 0 Å². The third-order valence-corrected chi connectivity index (χ3v) is 4.85. The van der Waals surface area contributed by atoms with Gasteiger partial charge in [-0.1, -0.05) is 5.92 Å². The molecule has 3 rings (SSSR count). The van der Waals surface area contributed by atoms with Gasteiger partial charge in [0, 0.05) is 6.54 Å². The second-order valence-electron chi connectivity index (χ2n) is 5.27. The molecule has 1 N–H and O–H groups in total. The van der Waals surface area contributed by atoms with E-state index in [1.807, 2.05) is 0 Å². The molecule has 0 atom stereocenters. The summed E-state index contributed by atoms with van der Waals surface area (Å²) in [5.74, 6) is 3.17. The van der Waals surface area contributed by atoms with Gasteiger partial charge in [0.05, 0.1) is 11.9 Å². The number of terminal acetylenes is 1. The lowest BCUT2D eigenvalue weighted by Gasteiger charge is -2.22. The van der Waals surface area contributed by atoms with Gasteiger partial charge in [0.1, 0.15) is 21.9 Å². The molecule has 0 spiro atoms. The monoisotopic (exact) mass is 301 g/mol. The van der Waals surface area contributed by atoms with Crippen LogP contribution in [0.5, 0.6) is 0 Å². The lowest BCUT2D eigenvalue weighted by molar-refractivity contribution is 0.0701. The third kappa shape index (κ3) is 2.57. The van der Waals surface area contributed by atoms with E-state index in [2.05, 4.69) is 20.8 Å². The van der Waals surface area contributed by atoms with Crippen molar-refractivity contribution in [2.24, 2.45) is 5.92 Å². The normalized spacial score (nSPS) is 14.1. The molecule has 0 aromatic carbocycles. The van der Waals surface area contributed by atoms with E-state index >= 15 is 0 Å². The summed E-state index contributed by atoms with van der Waals surface area (Å²) in [5, 5.41) is 10.1. The standard InChI is InChI=1S/C15H15N3O2S/c1-3-6-18(7-10-4-5-10)13-11-9(2)12(15(19)20)21-14(11)17-8-16-13/h1,8,10H,4-7H2,2H3,(H,19,20). The number of thiophene rings is 1. The van der Waals surface area contributed by atoms with Crippen molar-refractivity contribution in [1.82, 2.24) is 9.97 Å². The first-order valence-electron chi connectivity index (χ1n) is 6.77. The fourth-order valence-corrected chi connectivity index (χ4v) is 3.43. The Balaban J connectivity index is 2.11. The average Bonchev–Trinajstić information content (AvgIpc) is 3.20. The molecule has 0 radical (unpaired) electrons. The van der Waals surface area contributed by atoms with Crippen molar-refractivity contribution in [3.8, 4) is 12.3 Å². The van der Waals surface area contributed by atoms with E-state index < -0.39 is 5.97 Å². The molecule has 21 heavy (non-hydrogen) atoms. The van der Waals surface area contributed by atoms with Crippen LogP contribution in [0.3, 0.4) is 0 Å². The molecule has 1 saturated carbocycles. The van der Waals surface area contributed by atoms with Gasteiger partial charge in [-0.15, -0.1) is 17.8 Å². The van der Waals surface area contributed by atoms with Gasteiger partial charge in [-0.25, -0.2) is 14.8 Å². The fourth-order valence-electron chi connectivity index (χ4n) is 2.44. The molecule has 0 saturated heterocycles. The predicted octanol–water partition coefficient (Wildman–Crippen LogP) is 2.55. The topological polar surface area (TPSA) is 66.3 Å². The summed E-state index contributed by atoms with van der Waals surface area (Å²) in [7, 11) is 0. The minimum absolute atomic E-state index is 0.318. The molecule has 5 nitrogen and oxygen atoms in total. The summed E-state index contributed by atoms with van der Waals surface area (Å²) in [6.45, 7) is 3.15. The number of aromatic carboxylic acids is 1. The Morgan fingerprint density at radius 1 is 1.57 bits per heavy atom. The largest absolute Gasteiger partial charge is 0.477 e. The molecule has 0 bridgehead atoms. The maximum atomic E-state index is 11.3. The minimum atomic E-state index is -0.924. The molecule has 1 fully saturated rings. The molecule has 2 aromatic rings. The first-order chi connectivity index (χ1) is 10.1. The highest BCUT2D eigenvalue weighted by molar-refractivity contribution is 7.20. The number of carboxylic acids is 1. The van der Waals surface area contributed by atoms with Crippen LogP contribution in [0.1, 0.15) is 28.1 Å². The molecule has 1 aliphatic rings. The lowest BCUT2D eigenvalue weighted by atomic mass is 10.2. The molecule has 0 unspecified atom stereocenters. The molecular weight excluding hydrogens is 286 g/mol. The van der Waals surface area contributed by atoms with Crippen molar-refractivity contribution in [2.75, 3.05) is 18.0 Å². The highest BCUT2D eigenvalue weighted by atomic mass is 32.1. The Hall–Kier alpha value is -2.13. The Labute approximate surface area is 126 Å². The van der Waals surface area contributed by atoms with Crippen molar-refractivity contribution >= 4 is 33.3 Å². The fraction of sp³-hybridized carbons (Fsp3) is 0.400. The summed E-state index contributed by atoms with van der Waals surface area (Å²) in [4.78, 5) is 23.0. The molecule has 0 amide bonds. The van der Waals surface area contributed by atoms with Crippen LogP contribution in [0.4, 0.5) is 5.82 Å². The van der Waals surface area contributed by atoms with Crippen LogP contribution < -0.4 is 4.90 Å². The number of carboxylic acid groups (broad SMARTS) is 1. The van der Waals surface area contributed by atoms with Crippen LogP contribution in [-0.4, -0.2) is 34.1 Å². The van der Waals surface area contributed by atoms with Gasteiger partial charge >= 0.3 is 5.97 Å². The SMILES string of the molecule is C#CCN(CC1CC1)c1ncnc2sc(C(=O)O)c(C)c12. The Bertz CT molecular complexity index is 743. The van der Waals surface area contributed by atoms with Crippen LogP contribution >= 0.6 is 11.3 Å². The number of carbonyl (C=O) groups is 1. The van der Waals surface area contributed by atoms with Gasteiger partial charge in [-0.3, -0.25) is 0 Å². The maximum Gasteiger partial charge on any atom is 0.346 e. The highest BCUT2D eigenvalue weighted by Gasteiger charge is 2.27. The Kier molecular flexibility index (Phi) is 3.52. The van der Waals surface area contributed by atoms with Crippen LogP contribution in [0.25, 0.3) is 10.2 Å². The van der Waals surface area contributed by atoms with Gasteiger partial charge in [0.15, 0.2) is 0 Å². The van der Waals surface area contributed by atoms with Gasteiger partial charge in [0.2, 0.25) is 0 Å². The van der Waals surface area contributed by atoms with E-state index in [-0.39, 0.29) is 0 Å². The molecule has 2 aromatic heterocycles. The summed E-state index contributed by atoms with van der Waals surface area (Å²) < 4.78 is 0. The first kappa shape index (κ1) is 13.8. The zero-order valence-electron chi connectivity index (χ0n) is 11.7. The van der Waals surface area contributed by atoms with Crippen molar-refractivity contribution < 1.29 is 9.90 Å². The molecule has 108 valence electrons. The van der Waals surface area contributed by atoms with Gasteiger partial charge in [-0.05, 0) is 31.2 Å². The number of nitrogens with zero attached hydrogens (tertiary/aromatic N) is 3. The van der Waals surface area contributed by atoms with Crippen LogP contribution in [0.2, 0.25) is 0 Å². The van der Waals surface area contributed by atoms with Crippen molar-refractivity contribution in [1.29, 1.82) is 0 Å². The van der Waals surface area contributed by atoms with Gasteiger partial charge in [0.25, 0.3) is 0 Å². The molecule has 6 heteroatoms. The second kappa shape index (κ2) is 5.34. The van der Waals surface area contributed by atoms with Crippen molar-refractivity contribution in [3.05, 3.63) is 16.8 Å². The molecular formula is C15H15N3O2S. The predicted molar refractivity (Wildman–Crippen MR) is 82.9 cm³/mol. The molecule has 1 aliphatic carbocycles. The number of hydrogen-bond donors (Lipinski definition) is 1. The first-order valence-corrected chi connectivity index (χ1v) is 7.59. The number of aryl methyl sites for hydroxylation is 1. The Morgan fingerprint density at radius 2 is 2.33 bits per heavy atom. The van der Waals surface area contributed by atoms with E-state index in [1.165, 1.54) is 30.5 Å². The highest BCUT2D eigenvalue weighted by Crippen LogP contribution is 2.37. The lowest BCUT2D eigenvalue weighted by Crippen LogP contribution is -2.27. The number of aromatic nitrogens is 2. The van der Waals surface area contributed by atoms with Crippen molar-refractivity contribution in [3.63, 3.8) is 0 Å². The summed E-state index contributed by atoms with van der Waals surface area (Å²) in [6, 6.07) is 0. The average molecular weight is 301 g/mol. The van der Waals surface area contributed by atoms with Crippen LogP contribution in [0.15, 0.2) is 6.33 Å². The quantitative estimate of drug-likeness (QED) is 0.860. The number of rotatable bonds is 5.